The monoisotopic (exact) mass is 342 g/mol. The summed E-state index contributed by atoms with van der Waals surface area (Å²) >= 11 is 0. The standard InChI is InChI=1S/C19H26N4O2/c1-24-16-6-7-18-17(12-16)19(21-13-20-18)22-14-2-4-15(5-3-14)23-8-10-25-11-9-23/h6-7,12-15H,2-5,8-11H2,1H3,(H,20,21,22)/t14-,15-. The first-order valence-corrected chi connectivity index (χ1v) is 9.20. The van der Waals surface area contributed by atoms with E-state index in [1.165, 1.54) is 25.7 Å². The maximum atomic E-state index is 5.47. The second-order valence-corrected chi connectivity index (χ2v) is 6.90. The van der Waals surface area contributed by atoms with E-state index >= 15 is 0 Å². The zero-order valence-corrected chi connectivity index (χ0v) is 14.8. The maximum absolute atomic E-state index is 5.47. The van der Waals surface area contributed by atoms with Crippen molar-refractivity contribution < 1.29 is 9.47 Å². The minimum atomic E-state index is 0.474. The fourth-order valence-corrected chi connectivity index (χ4v) is 4.00. The second-order valence-electron chi connectivity index (χ2n) is 6.90. The molecule has 1 saturated carbocycles. The van der Waals surface area contributed by atoms with Crippen LogP contribution in [-0.2, 0) is 4.74 Å². The number of nitrogens with one attached hydrogen (secondary N) is 1. The number of hydrogen-bond donors (Lipinski definition) is 1. The number of ether oxygens (including phenoxy) is 2. The highest BCUT2D eigenvalue weighted by atomic mass is 16.5. The average molecular weight is 342 g/mol. The third kappa shape index (κ3) is 3.70. The Hall–Kier alpha value is -1.92. The molecule has 0 bridgehead atoms. The van der Waals surface area contributed by atoms with Crippen molar-refractivity contribution >= 4 is 16.7 Å². The van der Waals surface area contributed by atoms with E-state index in [1.807, 2.05) is 18.2 Å². The number of methoxy groups -OCH3 is 1. The van der Waals surface area contributed by atoms with Crippen LogP contribution >= 0.6 is 0 Å². The number of aromatic nitrogens is 2. The van der Waals surface area contributed by atoms with Gasteiger partial charge in [0.1, 0.15) is 17.9 Å². The Labute approximate surface area is 148 Å². The van der Waals surface area contributed by atoms with Gasteiger partial charge in [-0.3, -0.25) is 4.90 Å². The van der Waals surface area contributed by atoms with Crippen LogP contribution in [0.2, 0.25) is 0 Å². The van der Waals surface area contributed by atoms with Gasteiger partial charge in [0.25, 0.3) is 0 Å². The van der Waals surface area contributed by atoms with Crippen LogP contribution in [0.4, 0.5) is 5.82 Å². The van der Waals surface area contributed by atoms with Crippen molar-refractivity contribution in [2.45, 2.75) is 37.8 Å². The summed E-state index contributed by atoms with van der Waals surface area (Å²) in [6.07, 6.45) is 6.47. The summed E-state index contributed by atoms with van der Waals surface area (Å²) in [5.74, 6) is 1.75. The number of fused-ring (bicyclic) bond motifs is 1. The molecule has 1 N–H and O–H groups in total. The molecule has 0 unspecified atom stereocenters. The van der Waals surface area contributed by atoms with E-state index in [0.29, 0.717) is 12.1 Å². The molecule has 25 heavy (non-hydrogen) atoms. The molecule has 134 valence electrons. The third-order valence-corrected chi connectivity index (χ3v) is 5.44. The van der Waals surface area contributed by atoms with Crippen LogP contribution in [-0.4, -0.2) is 60.4 Å². The molecule has 1 aromatic heterocycles. The zero-order valence-electron chi connectivity index (χ0n) is 14.8. The summed E-state index contributed by atoms with van der Waals surface area (Å²) in [7, 11) is 1.69. The van der Waals surface area contributed by atoms with Crippen molar-refractivity contribution in [2.75, 3.05) is 38.7 Å². The minimum Gasteiger partial charge on any atom is -0.497 e. The lowest BCUT2D eigenvalue weighted by Gasteiger charge is -2.39. The van der Waals surface area contributed by atoms with Gasteiger partial charge in [-0.05, 0) is 43.9 Å². The van der Waals surface area contributed by atoms with E-state index < -0.39 is 0 Å². The van der Waals surface area contributed by atoms with Gasteiger partial charge in [-0.15, -0.1) is 0 Å². The number of anilines is 1. The fraction of sp³-hybridized carbons (Fsp3) is 0.579. The topological polar surface area (TPSA) is 59.5 Å². The predicted octanol–water partition coefficient (Wildman–Crippen LogP) is 2.69. The molecule has 2 aliphatic rings. The van der Waals surface area contributed by atoms with Crippen LogP contribution in [0.5, 0.6) is 5.75 Å². The smallest absolute Gasteiger partial charge is 0.137 e. The fourth-order valence-electron chi connectivity index (χ4n) is 4.00. The van der Waals surface area contributed by atoms with E-state index in [2.05, 4.69) is 20.2 Å². The van der Waals surface area contributed by atoms with Crippen LogP contribution in [0.15, 0.2) is 24.5 Å². The summed E-state index contributed by atoms with van der Waals surface area (Å²) in [6.45, 7) is 3.93. The molecular weight excluding hydrogens is 316 g/mol. The predicted molar refractivity (Wildman–Crippen MR) is 98.1 cm³/mol. The Bertz CT molecular complexity index is 710. The highest BCUT2D eigenvalue weighted by Crippen LogP contribution is 2.29. The second kappa shape index (κ2) is 7.54. The number of morpholine rings is 1. The lowest BCUT2D eigenvalue weighted by atomic mass is 9.90. The Morgan fingerprint density at radius 2 is 1.92 bits per heavy atom. The largest absolute Gasteiger partial charge is 0.497 e. The first kappa shape index (κ1) is 16.5. The van der Waals surface area contributed by atoms with Crippen molar-refractivity contribution in [3.8, 4) is 5.75 Å². The summed E-state index contributed by atoms with van der Waals surface area (Å²) in [5, 5.41) is 4.67. The first-order chi connectivity index (χ1) is 12.3. The summed E-state index contributed by atoms with van der Waals surface area (Å²) in [6, 6.07) is 7.12. The number of nitrogens with zero attached hydrogens (tertiary/aromatic N) is 3. The minimum absolute atomic E-state index is 0.474. The lowest BCUT2D eigenvalue weighted by Crippen LogP contribution is -2.46. The summed E-state index contributed by atoms with van der Waals surface area (Å²) < 4.78 is 10.8. The number of benzene rings is 1. The molecule has 2 fully saturated rings. The van der Waals surface area contributed by atoms with Crippen LogP contribution in [0.3, 0.4) is 0 Å². The van der Waals surface area contributed by atoms with E-state index in [1.54, 1.807) is 13.4 Å². The highest BCUT2D eigenvalue weighted by Gasteiger charge is 2.27. The summed E-state index contributed by atoms with van der Waals surface area (Å²) in [4.78, 5) is 11.4. The lowest BCUT2D eigenvalue weighted by molar-refractivity contribution is 0.00791. The Morgan fingerprint density at radius 1 is 1.12 bits per heavy atom. The normalized spacial score (nSPS) is 25.0. The molecule has 6 heteroatoms. The number of rotatable bonds is 4. The van der Waals surface area contributed by atoms with Crippen LogP contribution in [0.25, 0.3) is 10.9 Å². The third-order valence-electron chi connectivity index (χ3n) is 5.44. The molecule has 0 radical (unpaired) electrons. The molecule has 0 amide bonds. The van der Waals surface area contributed by atoms with Gasteiger partial charge in [-0.1, -0.05) is 0 Å². The average Bonchev–Trinajstić information content (AvgIpc) is 2.69. The molecule has 0 atom stereocenters. The van der Waals surface area contributed by atoms with Crippen molar-refractivity contribution in [2.24, 2.45) is 0 Å². The van der Waals surface area contributed by atoms with Gasteiger partial charge >= 0.3 is 0 Å². The van der Waals surface area contributed by atoms with Gasteiger partial charge in [0, 0.05) is 30.6 Å². The van der Waals surface area contributed by atoms with E-state index in [0.717, 1.165) is 48.8 Å². The Morgan fingerprint density at radius 3 is 2.68 bits per heavy atom. The van der Waals surface area contributed by atoms with Crippen molar-refractivity contribution in [3.63, 3.8) is 0 Å². The molecular formula is C19H26N4O2. The molecule has 1 aromatic carbocycles. The van der Waals surface area contributed by atoms with Gasteiger partial charge in [-0.2, -0.15) is 0 Å². The quantitative estimate of drug-likeness (QED) is 0.922. The van der Waals surface area contributed by atoms with Gasteiger partial charge in [0.15, 0.2) is 0 Å². The molecule has 2 heterocycles. The Kier molecular flexibility index (Phi) is 4.99. The highest BCUT2D eigenvalue weighted by molar-refractivity contribution is 5.90. The van der Waals surface area contributed by atoms with Crippen molar-refractivity contribution in [3.05, 3.63) is 24.5 Å². The van der Waals surface area contributed by atoms with Crippen LogP contribution in [0, 0.1) is 0 Å². The maximum Gasteiger partial charge on any atom is 0.137 e. The molecule has 1 aliphatic carbocycles. The van der Waals surface area contributed by atoms with Crippen molar-refractivity contribution in [1.29, 1.82) is 0 Å². The van der Waals surface area contributed by atoms with Gasteiger partial charge < -0.3 is 14.8 Å². The molecule has 2 aromatic rings. The SMILES string of the molecule is COc1ccc2ncnc(N[C@H]3CC[C@H](N4CCOCC4)CC3)c2c1. The van der Waals surface area contributed by atoms with Crippen molar-refractivity contribution in [1.82, 2.24) is 14.9 Å². The van der Waals surface area contributed by atoms with E-state index in [9.17, 15) is 0 Å². The molecule has 1 saturated heterocycles. The van der Waals surface area contributed by atoms with Gasteiger partial charge in [0.05, 0.1) is 25.8 Å². The zero-order chi connectivity index (χ0) is 17.1. The van der Waals surface area contributed by atoms with Gasteiger partial charge in [-0.25, -0.2) is 9.97 Å². The van der Waals surface area contributed by atoms with E-state index in [4.69, 9.17) is 9.47 Å². The number of hydrogen-bond acceptors (Lipinski definition) is 6. The molecule has 0 spiro atoms. The first-order valence-electron chi connectivity index (χ1n) is 9.20. The van der Waals surface area contributed by atoms with Gasteiger partial charge in [0.2, 0.25) is 0 Å². The van der Waals surface area contributed by atoms with Crippen LogP contribution < -0.4 is 10.1 Å². The molecule has 4 rings (SSSR count). The molecule has 6 nitrogen and oxygen atoms in total. The van der Waals surface area contributed by atoms with Crippen LogP contribution in [0.1, 0.15) is 25.7 Å². The van der Waals surface area contributed by atoms with E-state index in [-0.39, 0.29) is 0 Å². The Balaban J connectivity index is 1.42. The molecule has 1 aliphatic heterocycles. The summed E-state index contributed by atoms with van der Waals surface area (Å²) in [5.41, 5.74) is 0.945.